The highest BCUT2D eigenvalue weighted by atomic mass is 19.4. The molecular weight excluding hydrogens is 339 g/mol. The van der Waals surface area contributed by atoms with E-state index in [0.29, 0.717) is 19.6 Å². The number of amides is 3. The molecule has 1 aromatic rings. The third-order valence-corrected chi connectivity index (χ3v) is 4.07. The average molecular weight is 359 g/mol. The van der Waals surface area contributed by atoms with E-state index in [0.717, 1.165) is 25.0 Å². The minimum atomic E-state index is -4.40. The number of carbonyl (C=O) groups excluding carboxylic acids is 2. The summed E-state index contributed by atoms with van der Waals surface area (Å²) in [6.45, 7) is 1.57. The first-order chi connectivity index (χ1) is 11.8. The zero-order valence-corrected chi connectivity index (χ0v) is 13.7. The number of nitrogens with one attached hydrogen (secondary N) is 2. The van der Waals surface area contributed by atoms with Crippen molar-refractivity contribution in [3.63, 3.8) is 0 Å². The number of hydrogen-bond donors (Lipinski definition) is 2. The highest BCUT2D eigenvalue weighted by molar-refractivity contribution is 5.89. The summed E-state index contributed by atoms with van der Waals surface area (Å²) in [5.74, 6) is 0.235. The molecule has 0 aromatic heterocycles. The fourth-order valence-electron chi connectivity index (χ4n) is 2.60. The SMILES string of the molecule is COC(=O)N1CCC(CNC(=O)Nc2ccc(C(F)(F)F)cc2)CC1. The fraction of sp³-hybridized carbons (Fsp3) is 0.500. The molecule has 2 rings (SSSR count). The normalized spacial score (nSPS) is 15.6. The van der Waals surface area contributed by atoms with Gasteiger partial charge in [0.1, 0.15) is 0 Å². The van der Waals surface area contributed by atoms with Crippen LogP contribution in [-0.4, -0.2) is 43.8 Å². The van der Waals surface area contributed by atoms with Gasteiger partial charge >= 0.3 is 18.3 Å². The van der Waals surface area contributed by atoms with Gasteiger partial charge in [-0.25, -0.2) is 9.59 Å². The van der Waals surface area contributed by atoms with Crippen molar-refractivity contribution in [1.29, 1.82) is 0 Å². The lowest BCUT2D eigenvalue weighted by Crippen LogP contribution is -2.42. The summed E-state index contributed by atoms with van der Waals surface area (Å²) in [6.07, 6.45) is -3.27. The minimum Gasteiger partial charge on any atom is -0.453 e. The Morgan fingerprint density at radius 3 is 2.32 bits per heavy atom. The lowest BCUT2D eigenvalue weighted by molar-refractivity contribution is -0.137. The number of carbonyl (C=O) groups is 2. The molecule has 0 radical (unpaired) electrons. The summed E-state index contributed by atoms with van der Waals surface area (Å²) >= 11 is 0. The Labute approximate surface area is 143 Å². The van der Waals surface area contributed by atoms with Crippen molar-refractivity contribution < 1.29 is 27.5 Å². The topological polar surface area (TPSA) is 70.7 Å². The molecule has 25 heavy (non-hydrogen) atoms. The second-order valence-electron chi connectivity index (χ2n) is 5.81. The Balaban J connectivity index is 1.73. The number of halogens is 3. The van der Waals surface area contributed by atoms with Crippen LogP contribution in [0.4, 0.5) is 28.4 Å². The van der Waals surface area contributed by atoms with E-state index in [1.807, 2.05) is 0 Å². The van der Waals surface area contributed by atoms with Gasteiger partial charge in [0.05, 0.1) is 12.7 Å². The summed E-state index contributed by atoms with van der Waals surface area (Å²) in [7, 11) is 1.33. The predicted octanol–water partition coefficient (Wildman–Crippen LogP) is 3.31. The summed E-state index contributed by atoms with van der Waals surface area (Å²) in [5, 5.41) is 5.19. The first-order valence-electron chi connectivity index (χ1n) is 7.84. The van der Waals surface area contributed by atoms with Crippen LogP contribution in [0.2, 0.25) is 0 Å². The average Bonchev–Trinajstić information content (AvgIpc) is 2.59. The largest absolute Gasteiger partial charge is 0.453 e. The Bertz CT molecular complexity index is 597. The van der Waals surface area contributed by atoms with Gasteiger partial charge in [-0.3, -0.25) is 0 Å². The second kappa shape index (κ2) is 8.09. The quantitative estimate of drug-likeness (QED) is 0.870. The van der Waals surface area contributed by atoms with Crippen molar-refractivity contribution in [2.45, 2.75) is 19.0 Å². The van der Waals surface area contributed by atoms with Crippen molar-refractivity contribution in [2.75, 3.05) is 32.1 Å². The van der Waals surface area contributed by atoms with Gasteiger partial charge in [-0.05, 0) is 43.0 Å². The smallest absolute Gasteiger partial charge is 0.416 e. The highest BCUT2D eigenvalue weighted by Gasteiger charge is 2.30. The van der Waals surface area contributed by atoms with Gasteiger partial charge in [-0.15, -0.1) is 0 Å². The maximum Gasteiger partial charge on any atom is 0.416 e. The monoisotopic (exact) mass is 359 g/mol. The second-order valence-corrected chi connectivity index (χ2v) is 5.81. The molecule has 1 aromatic carbocycles. The molecule has 0 aliphatic carbocycles. The van der Waals surface area contributed by atoms with Gasteiger partial charge in [0.2, 0.25) is 0 Å². The number of benzene rings is 1. The van der Waals surface area contributed by atoms with E-state index in [4.69, 9.17) is 0 Å². The van der Waals surface area contributed by atoms with Crippen LogP contribution >= 0.6 is 0 Å². The molecule has 0 spiro atoms. The third-order valence-electron chi connectivity index (χ3n) is 4.07. The zero-order chi connectivity index (χ0) is 18.4. The number of nitrogens with zero attached hydrogens (tertiary/aromatic N) is 1. The van der Waals surface area contributed by atoms with Crippen molar-refractivity contribution >= 4 is 17.8 Å². The maximum absolute atomic E-state index is 12.5. The molecule has 1 aliphatic heterocycles. The van der Waals surface area contributed by atoms with E-state index in [1.165, 1.54) is 19.2 Å². The molecule has 3 amide bonds. The van der Waals surface area contributed by atoms with Gasteiger partial charge in [0.25, 0.3) is 0 Å². The van der Waals surface area contributed by atoms with Crippen molar-refractivity contribution in [2.24, 2.45) is 5.92 Å². The van der Waals surface area contributed by atoms with Gasteiger partial charge in [-0.2, -0.15) is 13.2 Å². The Morgan fingerprint density at radius 2 is 1.80 bits per heavy atom. The summed E-state index contributed by atoms with van der Waals surface area (Å²) in [5.41, 5.74) is -0.484. The van der Waals surface area contributed by atoms with E-state index in [2.05, 4.69) is 15.4 Å². The number of ether oxygens (including phenoxy) is 1. The van der Waals surface area contributed by atoms with Crippen LogP contribution in [0.15, 0.2) is 24.3 Å². The van der Waals surface area contributed by atoms with Gasteiger partial charge in [-0.1, -0.05) is 0 Å². The zero-order valence-electron chi connectivity index (χ0n) is 13.7. The molecule has 0 unspecified atom stereocenters. The van der Waals surface area contributed by atoms with Gasteiger partial charge in [0.15, 0.2) is 0 Å². The number of hydrogen-bond acceptors (Lipinski definition) is 3. The van der Waals surface area contributed by atoms with Gasteiger partial charge < -0.3 is 20.3 Å². The number of methoxy groups -OCH3 is 1. The van der Waals surface area contributed by atoms with Gasteiger partial charge in [0, 0.05) is 25.3 Å². The Morgan fingerprint density at radius 1 is 1.20 bits per heavy atom. The standard InChI is InChI=1S/C16H20F3N3O3/c1-25-15(24)22-8-6-11(7-9-22)10-20-14(23)21-13-4-2-12(3-5-13)16(17,18)19/h2-5,11H,6-10H2,1H3,(H2,20,21,23). The first kappa shape index (κ1) is 18.9. The predicted molar refractivity (Wildman–Crippen MR) is 85.2 cm³/mol. The molecule has 9 heteroatoms. The molecule has 0 bridgehead atoms. The van der Waals surface area contributed by atoms with E-state index in [1.54, 1.807) is 4.90 Å². The van der Waals surface area contributed by atoms with Crippen LogP contribution in [0, 0.1) is 5.92 Å². The molecule has 2 N–H and O–H groups in total. The third kappa shape index (κ3) is 5.54. The molecule has 1 aliphatic rings. The van der Waals surface area contributed by atoms with Crippen LogP contribution in [0.3, 0.4) is 0 Å². The molecule has 0 atom stereocenters. The molecule has 1 heterocycles. The summed E-state index contributed by atoms with van der Waals surface area (Å²) in [4.78, 5) is 24.8. The van der Waals surface area contributed by atoms with Crippen molar-refractivity contribution in [1.82, 2.24) is 10.2 Å². The van der Waals surface area contributed by atoms with E-state index < -0.39 is 17.8 Å². The number of alkyl halides is 3. The molecule has 1 saturated heterocycles. The van der Waals surface area contributed by atoms with Crippen molar-refractivity contribution in [3.05, 3.63) is 29.8 Å². The number of anilines is 1. The lowest BCUT2D eigenvalue weighted by atomic mass is 9.97. The summed E-state index contributed by atoms with van der Waals surface area (Å²) < 4.78 is 42.1. The minimum absolute atomic E-state index is 0.235. The highest BCUT2D eigenvalue weighted by Crippen LogP contribution is 2.29. The van der Waals surface area contributed by atoms with E-state index in [-0.39, 0.29) is 17.7 Å². The molecular formula is C16H20F3N3O3. The first-order valence-corrected chi connectivity index (χ1v) is 7.84. The Kier molecular flexibility index (Phi) is 6.11. The van der Waals surface area contributed by atoms with Crippen LogP contribution in [0.1, 0.15) is 18.4 Å². The summed E-state index contributed by atoms with van der Waals surface area (Å²) in [6, 6.07) is 3.76. The van der Waals surface area contributed by atoms with Crippen molar-refractivity contribution in [3.8, 4) is 0 Å². The number of piperidine rings is 1. The Hall–Kier alpha value is -2.45. The lowest BCUT2D eigenvalue weighted by Gasteiger charge is -2.30. The van der Waals surface area contributed by atoms with Crippen LogP contribution in [-0.2, 0) is 10.9 Å². The molecule has 6 nitrogen and oxygen atoms in total. The molecule has 0 saturated carbocycles. The fourth-order valence-corrected chi connectivity index (χ4v) is 2.60. The number of urea groups is 1. The molecule has 1 fully saturated rings. The van der Waals surface area contributed by atoms with E-state index >= 15 is 0 Å². The van der Waals surface area contributed by atoms with Crippen LogP contribution < -0.4 is 10.6 Å². The number of rotatable bonds is 3. The van der Waals surface area contributed by atoms with E-state index in [9.17, 15) is 22.8 Å². The number of likely N-dealkylation sites (tertiary alicyclic amines) is 1. The van der Waals surface area contributed by atoms with Crippen LogP contribution in [0.25, 0.3) is 0 Å². The maximum atomic E-state index is 12.5. The molecule has 138 valence electrons. The van der Waals surface area contributed by atoms with Crippen LogP contribution in [0.5, 0.6) is 0 Å².